The van der Waals surface area contributed by atoms with Crippen LogP contribution in [0.5, 0.6) is 0 Å². The molecule has 2 aliphatic rings. The molecule has 0 atom stereocenters. The van der Waals surface area contributed by atoms with Crippen molar-refractivity contribution in [2.24, 2.45) is 0 Å². The van der Waals surface area contributed by atoms with Crippen molar-refractivity contribution >= 4 is 89.4 Å². The molecule has 0 saturated carbocycles. The van der Waals surface area contributed by atoms with Gasteiger partial charge in [0, 0.05) is 60.5 Å². The molecule has 0 radical (unpaired) electrons. The van der Waals surface area contributed by atoms with Crippen LogP contribution in [0.2, 0.25) is 0 Å². The summed E-state index contributed by atoms with van der Waals surface area (Å²) in [4.78, 5) is 2.61. The number of anilines is 3. The van der Waals surface area contributed by atoms with Gasteiger partial charge in [-0.25, -0.2) is 0 Å². The minimum atomic E-state index is -0.0522. The molecule has 2 aromatic heterocycles. The summed E-state index contributed by atoms with van der Waals surface area (Å²) in [6.07, 6.45) is 0. The lowest BCUT2D eigenvalue weighted by Gasteiger charge is -2.41. The van der Waals surface area contributed by atoms with E-state index in [0.717, 1.165) is 21.9 Å². The summed E-state index contributed by atoms with van der Waals surface area (Å²) < 4.78 is 9.58. The van der Waals surface area contributed by atoms with Crippen LogP contribution in [0.15, 0.2) is 132 Å². The maximum absolute atomic E-state index is 6.94. The van der Waals surface area contributed by atoms with E-state index in [2.05, 4.69) is 178 Å². The highest BCUT2D eigenvalue weighted by Gasteiger charge is 2.45. The van der Waals surface area contributed by atoms with Crippen LogP contribution in [0.1, 0.15) is 52.7 Å². The highest BCUT2D eigenvalue weighted by atomic mass is 16.3. The van der Waals surface area contributed by atoms with Crippen LogP contribution in [0.3, 0.4) is 0 Å². The minimum absolute atomic E-state index is 0.0331. The quantitative estimate of drug-likeness (QED) is 0.162. The molecule has 7 aromatic carbocycles. The van der Waals surface area contributed by atoms with Crippen LogP contribution in [0, 0.1) is 0 Å². The Morgan fingerprint density at radius 2 is 1.25 bits per heavy atom. The van der Waals surface area contributed by atoms with Crippen molar-refractivity contribution < 1.29 is 4.42 Å². The first kappa shape index (κ1) is 29.9. The van der Waals surface area contributed by atoms with E-state index in [-0.39, 0.29) is 17.7 Å². The standard InChI is InChI=1S/C48H39BN2O/c1-47(2,3)29-24-30(48(4,5)6)26-31(25-29)50-40-27-37-34-17-10-12-21-41(34)52-46(37)42-36-19-13-18-35-33-16-9-11-20-39(33)51(44(35)36)49(43(40)42)38-23-22-28-14-7-8-15-32(28)45(38)50/h7-27H,1-6H3. The van der Waals surface area contributed by atoms with Crippen molar-refractivity contribution in [3.05, 3.63) is 139 Å². The number of para-hydroxylation sites is 3. The van der Waals surface area contributed by atoms with Crippen molar-refractivity contribution in [2.45, 2.75) is 52.4 Å². The third-order valence-corrected chi connectivity index (χ3v) is 11.8. The second kappa shape index (κ2) is 9.98. The number of hydrogen-bond acceptors (Lipinski definition) is 2. The van der Waals surface area contributed by atoms with Crippen LogP contribution in [-0.2, 0) is 10.8 Å². The molecule has 0 aliphatic carbocycles. The van der Waals surface area contributed by atoms with Crippen LogP contribution >= 0.6 is 0 Å². The van der Waals surface area contributed by atoms with Gasteiger partial charge < -0.3 is 13.8 Å². The Hall–Kier alpha value is -5.74. The zero-order valence-electron chi connectivity index (χ0n) is 30.5. The number of furan rings is 1. The summed E-state index contributed by atoms with van der Waals surface area (Å²) >= 11 is 0. The lowest BCUT2D eigenvalue weighted by Crippen LogP contribution is -2.56. The monoisotopic (exact) mass is 670 g/mol. The maximum Gasteiger partial charge on any atom is 0.333 e. The van der Waals surface area contributed by atoms with Gasteiger partial charge in [-0.05, 0) is 68.6 Å². The largest absolute Gasteiger partial charge is 0.455 e. The lowest BCUT2D eigenvalue weighted by atomic mass is 9.44. The van der Waals surface area contributed by atoms with Gasteiger partial charge in [0.2, 0.25) is 0 Å². The molecule has 3 nitrogen and oxygen atoms in total. The summed E-state index contributed by atoms with van der Waals surface area (Å²) in [5.74, 6) is 0. The molecule has 52 heavy (non-hydrogen) atoms. The van der Waals surface area contributed by atoms with E-state index in [0.29, 0.717) is 0 Å². The molecule has 2 aliphatic heterocycles. The van der Waals surface area contributed by atoms with Crippen molar-refractivity contribution in [1.82, 2.24) is 4.48 Å². The van der Waals surface area contributed by atoms with Crippen LogP contribution in [-0.4, -0.2) is 11.3 Å². The second-order valence-electron chi connectivity index (χ2n) is 17.0. The molecule has 0 unspecified atom stereocenters. The Labute approximate surface area is 304 Å². The molecule has 11 rings (SSSR count). The fourth-order valence-electron chi connectivity index (χ4n) is 9.27. The Kier molecular flexibility index (Phi) is 5.75. The fourth-order valence-corrected chi connectivity index (χ4v) is 9.27. The molecule has 4 heteroatoms. The number of hydrogen-bond donors (Lipinski definition) is 0. The summed E-state index contributed by atoms with van der Waals surface area (Å²) in [5.41, 5.74) is 15.8. The third-order valence-electron chi connectivity index (χ3n) is 11.8. The molecule has 250 valence electrons. The summed E-state index contributed by atoms with van der Waals surface area (Å²) in [5, 5.41) is 7.37. The smallest absolute Gasteiger partial charge is 0.333 e. The van der Waals surface area contributed by atoms with Crippen molar-refractivity contribution in [3.63, 3.8) is 0 Å². The molecule has 0 bridgehead atoms. The van der Waals surface area contributed by atoms with E-state index < -0.39 is 0 Å². The van der Waals surface area contributed by atoms with E-state index >= 15 is 0 Å². The SMILES string of the molecule is CC(C)(C)c1cc(N2c3cc4c(oc5ccccc54)c4c3B(c3ccc5ccccc5c32)n2c3ccccc3c3cccc-4c32)cc(C(C)(C)C)c1. The summed E-state index contributed by atoms with van der Waals surface area (Å²) in [7, 11) is 0. The normalized spacial score (nSPS) is 13.9. The van der Waals surface area contributed by atoms with Gasteiger partial charge in [0.25, 0.3) is 0 Å². The number of rotatable bonds is 1. The molecule has 0 fully saturated rings. The van der Waals surface area contributed by atoms with E-state index in [9.17, 15) is 0 Å². The number of benzene rings is 7. The van der Waals surface area contributed by atoms with Crippen molar-refractivity contribution in [1.29, 1.82) is 0 Å². The van der Waals surface area contributed by atoms with Gasteiger partial charge in [0.05, 0.1) is 5.69 Å². The Balaban J connectivity index is 1.39. The molecular weight excluding hydrogens is 631 g/mol. The number of nitrogens with zero attached hydrogens (tertiary/aromatic N) is 2. The number of fused-ring (bicyclic) bond motifs is 13. The minimum Gasteiger partial charge on any atom is -0.455 e. The third kappa shape index (κ3) is 3.87. The van der Waals surface area contributed by atoms with Gasteiger partial charge in [0.15, 0.2) is 0 Å². The average Bonchev–Trinajstić information content (AvgIpc) is 3.68. The highest BCUT2D eigenvalue weighted by molar-refractivity contribution is 6.90. The zero-order chi connectivity index (χ0) is 35.3. The van der Waals surface area contributed by atoms with Gasteiger partial charge in [-0.15, -0.1) is 0 Å². The lowest BCUT2D eigenvalue weighted by molar-refractivity contribution is 0.569. The van der Waals surface area contributed by atoms with E-state index in [4.69, 9.17) is 4.42 Å². The molecular formula is C48H39BN2O. The topological polar surface area (TPSA) is 21.3 Å². The first-order chi connectivity index (χ1) is 25.1. The average molecular weight is 671 g/mol. The van der Waals surface area contributed by atoms with Gasteiger partial charge in [0.1, 0.15) is 11.2 Å². The fraction of sp³-hybridized carbons (Fsp3) is 0.167. The zero-order valence-corrected chi connectivity index (χ0v) is 30.5. The van der Waals surface area contributed by atoms with E-state index in [1.54, 1.807) is 0 Å². The first-order valence-electron chi connectivity index (χ1n) is 18.6. The predicted molar refractivity (Wildman–Crippen MR) is 222 cm³/mol. The first-order valence-corrected chi connectivity index (χ1v) is 18.6. The Morgan fingerprint density at radius 3 is 2.02 bits per heavy atom. The Bertz CT molecular complexity index is 2970. The molecule has 4 heterocycles. The van der Waals surface area contributed by atoms with Crippen molar-refractivity contribution in [2.75, 3.05) is 4.90 Å². The number of aromatic nitrogens is 1. The summed E-state index contributed by atoms with van der Waals surface area (Å²) in [6, 6.07) is 47.8. The van der Waals surface area contributed by atoms with Gasteiger partial charge in [-0.2, -0.15) is 0 Å². The van der Waals surface area contributed by atoms with Crippen LogP contribution in [0.25, 0.3) is 65.6 Å². The molecule has 0 N–H and O–H groups in total. The molecule has 0 spiro atoms. The van der Waals surface area contributed by atoms with Gasteiger partial charge >= 0.3 is 6.85 Å². The second-order valence-corrected chi connectivity index (χ2v) is 17.0. The predicted octanol–water partition coefficient (Wildman–Crippen LogP) is 11.9. The maximum atomic E-state index is 6.94. The van der Waals surface area contributed by atoms with E-state index in [1.807, 2.05) is 0 Å². The van der Waals surface area contributed by atoms with Gasteiger partial charge in [-0.3, -0.25) is 0 Å². The van der Waals surface area contributed by atoms with E-state index in [1.165, 1.54) is 82.8 Å². The van der Waals surface area contributed by atoms with Crippen LogP contribution in [0.4, 0.5) is 17.1 Å². The van der Waals surface area contributed by atoms with Gasteiger partial charge in [-0.1, -0.05) is 139 Å². The molecule has 9 aromatic rings. The highest BCUT2D eigenvalue weighted by Crippen LogP contribution is 2.51. The van der Waals surface area contributed by atoms with Crippen molar-refractivity contribution in [3.8, 4) is 11.1 Å². The Morgan fingerprint density at radius 1 is 0.577 bits per heavy atom. The molecule has 0 amide bonds. The molecule has 0 saturated heterocycles. The summed E-state index contributed by atoms with van der Waals surface area (Å²) in [6.45, 7) is 13.9. The van der Waals surface area contributed by atoms with Crippen LogP contribution < -0.4 is 15.8 Å².